The SMILES string of the molecule is O=c1c(Cl)c(OCc2ccc(C(F)(F)F)cc2)cnn1-c1ccc(Cl)cc1. The van der Waals surface area contributed by atoms with Crippen LogP contribution in [0.25, 0.3) is 5.69 Å². The van der Waals surface area contributed by atoms with Crippen LogP contribution in [0.2, 0.25) is 10.0 Å². The molecule has 0 atom stereocenters. The zero-order valence-electron chi connectivity index (χ0n) is 13.5. The van der Waals surface area contributed by atoms with Gasteiger partial charge in [-0.1, -0.05) is 35.3 Å². The van der Waals surface area contributed by atoms with Gasteiger partial charge in [-0.2, -0.15) is 23.0 Å². The van der Waals surface area contributed by atoms with Gasteiger partial charge in [0, 0.05) is 5.02 Å². The van der Waals surface area contributed by atoms with E-state index < -0.39 is 17.3 Å². The fraction of sp³-hybridized carbons (Fsp3) is 0.111. The van der Waals surface area contributed by atoms with Gasteiger partial charge in [0.05, 0.1) is 17.4 Å². The summed E-state index contributed by atoms with van der Waals surface area (Å²) in [5, 5.41) is 4.32. The van der Waals surface area contributed by atoms with Gasteiger partial charge in [-0.05, 0) is 42.0 Å². The molecule has 1 heterocycles. The van der Waals surface area contributed by atoms with Gasteiger partial charge in [-0.15, -0.1) is 0 Å². The number of halogens is 5. The van der Waals surface area contributed by atoms with Gasteiger partial charge >= 0.3 is 6.18 Å². The van der Waals surface area contributed by atoms with Crippen LogP contribution in [0.5, 0.6) is 5.75 Å². The second-order valence-electron chi connectivity index (χ2n) is 5.50. The van der Waals surface area contributed by atoms with Crippen molar-refractivity contribution >= 4 is 23.2 Å². The predicted octanol–water partition coefficient (Wildman–Crippen LogP) is 5.14. The number of rotatable bonds is 4. The maximum Gasteiger partial charge on any atom is 0.416 e. The van der Waals surface area contributed by atoms with E-state index in [2.05, 4.69) is 5.10 Å². The summed E-state index contributed by atoms with van der Waals surface area (Å²) in [6.07, 6.45) is -3.14. The Balaban J connectivity index is 1.77. The zero-order valence-corrected chi connectivity index (χ0v) is 15.0. The van der Waals surface area contributed by atoms with Crippen LogP contribution >= 0.6 is 23.2 Å². The van der Waals surface area contributed by atoms with Gasteiger partial charge < -0.3 is 4.74 Å². The lowest BCUT2D eigenvalue weighted by Crippen LogP contribution is -2.22. The smallest absolute Gasteiger partial charge is 0.416 e. The first-order valence-corrected chi connectivity index (χ1v) is 8.34. The summed E-state index contributed by atoms with van der Waals surface area (Å²) in [4.78, 5) is 12.4. The van der Waals surface area contributed by atoms with Crippen molar-refractivity contribution in [3.8, 4) is 11.4 Å². The minimum Gasteiger partial charge on any atom is -0.485 e. The standard InChI is InChI=1S/C18H11Cl2F3N2O2/c19-13-5-7-14(8-6-13)25-17(26)16(20)15(9-24-25)27-10-11-1-3-12(4-2-11)18(21,22)23/h1-9H,10H2. The molecule has 1 aromatic heterocycles. The highest BCUT2D eigenvalue weighted by atomic mass is 35.5. The van der Waals surface area contributed by atoms with Gasteiger partial charge in [-0.25, -0.2) is 0 Å². The number of ether oxygens (including phenoxy) is 1. The van der Waals surface area contributed by atoms with Crippen LogP contribution < -0.4 is 10.3 Å². The monoisotopic (exact) mass is 414 g/mol. The van der Waals surface area contributed by atoms with Crippen molar-refractivity contribution in [2.75, 3.05) is 0 Å². The molecule has 3 aromatic rings. The molecule has 0 fully saturated rings. The molecule has 4 nitrogen and oxygen atoms in total. The molecule has 0 radical (unpaired) electrons. The lowest BCUT2D eigenvalue weighted by molar-refractivity contribution is -0.137. The number of benzene rings is 2. The Morgan fingerprint density at radius 3 is 2.22 bits per heavy atom. The quantitative estimate of drug-likeness (QED) is 0.593. The van der Waals surface area contributed by atoms with Gasteiger partial charge in [0.1, 0.15) is 6.61 Å². The molecule has 0 saturated carbocycles. The van der Waals surface area contributed by atoms with Crippen LogP contribution in [0.15, 0.2) is 59.5 Å². The Bertz CT molecular complexity index is 1000. The van der Waals surface area contributed by atoms with E-state index in [1.165, 1.54) is 18.3 Å². The molecule has 0 unspecified atom stereocenters. The van der Waals surface area contributed by atoms with E-state index in [1.807, 2.05) is 0 Å². The molecule has 3 rings (SSSR count). The van der Waals surface area contributed by atoms with E-state index in [9.17, 15) is 18.0 Å². The molecule has 0 aliphatic rings. The minimum atomic E-state index is -4.40. The Kier molecular flexibility index (Phi) is 5.43. The van der Waals surface area contributed by atoms with Crippen LogP contribution in [-0.2, 0) is 12.8 Å². The summed E-state index contributed by atoms with van der Waals surface area (Å²) in [5.74, 6) is 0.0341. The van der Waals surface area contributed by atoms with Crippen LogP contribution in [0.4, 0.5) is 13.2 Å². The molecule has 0 saturated heterocycles. The third kappa shape index (κ3) is 4.43. The van der Waals surface area contributed by atoms with Gasteiger partial charge in [-0.3, -0.25) is 4.79 Å². The maximum absolute atomic E-state index is 12.6. The molecular formula is C18H11Cl2F3N2O2. The van der Waals surface area contributed by atoms with Gasteiger partial charge in [0.15, 0.2) is 10.8 Å². The highest BCUT2D eigenvalue weighted by Crippen LogP contribution is 2.29. The average Bonchev–Trinajstić information content (AvgIpc) is 2.63. The van der Waals surface area contributed by atoms with Crippen molar-refractivity contribution in [1.29, 1.82) is 0 Å². The van der Waals surface area contributed by atoms with E-state index >= 15 is 0 Å². The number of hydrogen-bond acceptors (Lipinski definition) is 3. The molecule has 0 aliphatic carbocycles. The van der Waals surface area contributed by atoms with E-state index in [4.69, 9.17) is 27.9 Å². The van der Waals surface area contributed by atoms with Crippen molar-refractivity contribution in [3.05, 3.63) is 86.3 Å². The lowest BCUT2D eigenvalue weighted by atomic mass is 10.1. The first-order valence-electron chi connectivity index (χ1n) is 7.58. The summed E-state index contributed by atoms with van der Waals surface area (Å²) in [5.41, 5.74) is -0.387. The summed E-state index contributed by atoms with van der Waals surface area (Å²) < 4.78 is 44.2. The van der Waals surface area contributed by atoms with Crippen molar-refractivity contribution in [2.45, 2.75) is 12.8 Å². The van der Waals surface area contributed by atoms with Crippen LogP contribution in [0.3, 0.4) is 0 Å². The Morgan fingerprint density at radius 2 is 1.63 bits per heavy atom. The largest absolute Gasteiger partial charge is 0.485 e. The van der Waals surface area contributed by atoms with Crippen LogP contribution in [0, 0.1) is 0 Å². The highest BCUT2D eigenvalue weighted by Gasteiger charge is 2.29. The van der Waals surface area contributed by atoms with Crippen molar-refractivity contribution < 1.29 is 17.9 Å². The Morgan fingerprint density at radius 1 is 1.00 bits per heavy atom. The van der Waals surface area contributed by atoms with E-state index in [0.29, 0.717) is 16.3 Å². The molecule has 140 valence electrons. The molecule has 2 aromatic carbocycles. The zero-order chi connectivity index (χ0) is 19.6. The minimum absolute atomic E-state index is 0.0341. The summed E-state index contributed by atoms with van der Waals surface area (Å²) >= 11 is 11.9. The summed E-state index contributed by atoms with van der Waals surface area (Å²) in [6, 6.07) is 10.9. The Hall–Kier alpha value is -2.51. The van der Waals surface area contributed by atoms with E-state index in [-0.39, 0.29) is 17.4 Å². The van der Waals surface area contributed by atoms with E-state index in [0.717, 1.165) is 16.8 Å². The Labute approximate surface area is 161 Å². The first-order chi connectivity index (χ1) is 12.8. The van der Waals surface area contributed by atoms with Crippen molar-refractivity contribution in [2.24, 2.45) is 0 Å². The number of hydrogen-bond donors (Lipinski definition) is 0. The number of alkyl halides is 3. The predicted molar refractivity (Wildman–Crippen MR) is 95.6 cm³/mol. The average molecular weight is 415 g/mol. The van der Waals surface area contributed by atoms with Crippen molar-refractivity contribution in [3.63, 3.8) is 0 Å². The summed E-state index contributed by atoms with van der Waals surface area (Å²) in [6.45, 7) is -0.0655. The lowest BCUT2D eigenvalue weighted by Gasteiger charge is -2.11. The molecule has 0 amide bonds. The first kappa shape index (κ1) is 19.3. The second-order valence-corrected chi connectivity index (χ2v) is 6.31. The normalized spacial score (nSPS) is 11.4. The fourth-order valence-corrected chi connectivity index (χ4v) is 2.54. The second kappa shape index (κ2) is 7.62. The third-order valence-corrected chi connectivity index (χ3v) is 4.23. The number of aromatic nitrogens is 2. The third-order valence-electron chi connectivity index (χ3n) is 3.63. The maximum atomic E-state index is 12.6. The molecule has 0 N–H and O–H groups in total. The van der Waals surface area contributed by atoms with Crippen molar-refractivity contribution in [1.82, 2.24) is 9.78 Å². The van der Waals surface area contributed by atoms with Gasteiger partial charge in [0.2, 0.25) is 0 Å². The molecule has 0 spiro atoms. The molecule has 0 bridgehead atoms. The highest BCUT2D eigenvalue weighted by molar-refractivity contribution is 6.31. The van der Waals surface area contributed by atoms with Gasteiger partial charge in [0.25, 0.3) is 5.56 Å². The fourth-order valence-electron chi connectivity index (χ4n) is 2.24. The molecule has 9 heteroatoms. The summed E-state index contributed by atoms with van der Waals surface area (Å²) in [7, 11) is 0. The molecule has 0 aliphatic heterocycles. The molecule has 27 heavy (non-hydrogen) atoms. The topological polar surface area (TPSA) is 44.1 Å². The van der Waals surface area contributed by atoms with Crippen LogP contribution in [-0.4, -0.2) is 9.78 Å². The molecular weight excluding hydrogens is 404 g/mol. The van der Waals surface area contributed by atoms with E-state index in [1.54, 1.807) is 24.3 Å². The van der Waals surface area contributed by atoms with Crippen LogP contribution in [0.1, 0.15) is 11.1 Å². The number of nitrogens with zero attached hydrogens (tertiary/aromatic N) is 2.